The van der Waals surface area contributed by atoms with E-state index < -0.39 is 17.5 Å². The standard InChI is InChI=1S/C19H8Cl3F2N3OS/c20-13-3-8(23)1-2-10(13)11-5-14(21)12(6-15(11)24)17(28)26-9-4-16-18(25-7-9)29-19(22)27-16/h1-7H,(H,26,28). The highest BCUT2D eigenvalue weighted by Gasteiger charge is 2.18. The molecule has 0 unspecified atom stereocenters. The zero-order valence-corrected chi connectivity index (χ0v) is 17.2. The van der Waals surface area contributed by atoms with Crippen molar-refractivity contribution in [3.63, 3.8) is 0 Å². The van der Waals surface area contributed by atoms with Crippen LogP contribution in [0.5, 0.6) is 0 Å². The fourth-order valence-electron chi connectivity index (χ4n) is 2.70. The van der Waals surface area contributed by atoms with Crippen LogP contribution in [0.4, 0.5) is 14.5 Å². The zero-order chi connectivity index (χ0) is 20.7. The van der Waals surface area contributed by atoms with Crippen molar-refractivity contribution in [2.45, 2.75) is 0 Å². The molecule has 10 heteroatoms. The average molecular weight is 471 g/mol. The molecule has 0 atom stereocenters. The summed E-state index contributed by atoms with van der Waals surface area (Å²) in [6.07, 6.45) is 1.44. The molecule has 0 aliphatic rings. The number of carbonyl (C=O) groups is 1. The Morgan fingerprint density at radius 3 is 2.55 bits per heavy atom. The Balaban J connectivity index is 1.65. The summed E-state index contributed by atoms with van der Waals surface area (Å²) in [5.74, 6) is -1.91. The van der Waals surface area contributed by atoms with Crippen molar-refractivity contribution in [2.75, 3.05) is 5.32 Å². The minimum atomic E-state index is -0.729. The number of nitrogens with one attached hydrogen (secondary N) is 1. The molecule has 4 rings (SSSR count). The van der Waals surface area contributed by atoms with E-state index in [1.54, 1.807) is 6.07 Å². The molecule has 2 heterocycles. The lowest BCUT2D eigenvalue weighted by Crippen LogP contribution is -2.13. The summed E-state index contributed by atoms with van der Waals surface area (Å²) in [7, 11) is 0. The molecule has 1 amide bonds. The van der Waals surface area contributed by atoms with Crippen molar-refractivity contribution in [3.05, 3.63) is 74.3 Å². The molecule has 0 saturated carbocycles. The van der Waals surface area contributed by atoms with Crippen LogP contribution in [0.2, 0.25) is 14.5 Å². The molecule has 1 N–H and O–H groups in total. The number of nitrogens with zero attached hydrogens (tertiary/aromatic N) is 2. The maximum Gasteiger partial charge on any atom is 0.257 e. The lowest BCUT2D eigenvalue weighted by Gasteiger charge is -2.11. The van der Waals surface area contributed by atoms with E-state index in [9.17, 15) is 13.6 Å². The average Bonchev–Trinajstić information content (AvgIpc) is 3.03. The third kappa shape index (κ3) is 4.04. The molecule has 0 bridgehead atoms. The number of benzene rings is 2. The summed E-state index contributed by atoms with van der Waals surface area (Å²) in [5, 5.41) is 2.63. The molecule has 0 spiro atoms. The Morgan fingerprint density at radius 1 is 1.00 bits per heavy atom. The van der Waals surface area contributed by atoms with Gasteiger partial charge in [0.2, 0.25) is 0 Å². The van der Waals surface area contributed by atoms with Crippen molar-refractivity contribution in [1.29, 1.82) is 0 Å². The van der Waals surface area contributed by atoms with Gasteiger partial charge in [0.15, 0.2) is 4.47 Å². The SMILES string of the molecule is O=C(Nc1cnc2sc(Cl)nc2c1)c1cc(F)c(-c2ccc(F)cc2Cl)cc1Cl. The Kier molecular flexibility index (Phi) is 5.40. The van der Waals surface area contributed by atoms with Gasteiger partial charge in [0.25, 0.3) is 5.91 Å². The van der Waals surface area contributed by atoms with Crippen LogP contribution in [0.25, 0.3) is 21.5 Å². The molecule has 0 aliphatic carbocycles. The number of halogens is 5. The Hall–Kier alpha value is -2.32. The summed E-state index contributed by atoms with van der Waals surface area (Å²) in [6.45, 7) is 0. The van der Waals surface area contributed by atoms with Crippen LogP contribution >= 0.6 is 46.1 Å². The topological polar surface area (TPSA) is 54.9 Å². The normalized spacial score (nSPS) is 11.1. The van der Waals surface area contributed by atoms with Crippen molar-refractivity contribution in [2.24, 2.45) is 0 Å². The number of anilines is 1. The minimum absolute atomic E-state index is 0.00466. The number of amides is 1. The maximum absolute atomic E-state index is 14.7. The van der Waals surface area contributed by atoms with E-state index in [1.165, 1.54) is 29.7 Å². The van der Waals surface area contributed by atoms with Crippen molar-refractivity contribution < 1.29 is 13.6 Å². The Bertz CT molecular complexity index is 1280. The van der Waals surface area contributed by atoms with Crippen LogP contribution in [0, 0.1) is 11.6 Å². The van der Waals surface area contributed by atoms with Gasteiger partial charge in [-0.05, 0) is 36.4 Å². The monoisotopic (exact) mass is 469 g/mol. The summed E-state index contributed by atoms with van der Waals surface area (Å²) >= 11 is 19.3. The number of aromatic nitrogens is 2. The van der Waals surface area contributed by atoms with Gasteiger partial charge in [0.1, 0.15) is 22.0 Å². The Labute approximate surface area is 182 Å². The summed E-state index contributed by atoms with van der Waals surface area (Å²) in [4.78, 5) is 21.5. The van der Waals surface area contributed by atoms with E-state index in [0.717, 1.165) is 18.2 Å². The molecular weight excluding hydrogens is 463 g/mol. The predicted molar refractivity (Wildman–Crippen MR) is 112 cm³/mol. The fraction of sp³-hybridized carbons (Fsp3) is 0. The number of rotatable bonds is 3. The first-order valence-corrected chi connectivity index (χ1v) is 9.95. The highest BCUT2D eigenvalue weighted by Crippen LogP contribution is 2.34. The predicted octanol–water partition coefficient (Wildman–Crippen LogP) is 6.85. The molecule has 4 aromatic rings. The number of hydrogen-bond donors (Lipinski definition) is 1. The molecule has 0 fully saturated rings. The van der Waals surface area contributed by atoms with Gasteiger partial charge in [0.05, 0.1) is 27.5 Å². The first-order chi connectivity index (χ1) is 13.8. The summed E-state index contributed by atoms with van der Waals surface area (Å²) < 4.78 is 28.3. The van der Waals surface area contributed by atoms with Crippen molar-refractivity contribution in [3.8, 4) is 11.1 Å². The third-order valence-electron chi connectivity index (χ3n) is 4.00. The van der Waals surface area contributed by atoms with Gasteiger partial charge in [-0.2, -0.15) is 0 Å². The largest absolute Gasteiger partial charge is 0.320 e. The molecule has 2 aromatic carbocycles. The van der Waals surface area contributed by atoms with Crippen LogP contribution in [0.15, 0.2) is 42.6 Å². The lowest BCUT2D eigenvalue weighted by molar-refractivity contribution is 0.102. The molecule has 4 nitrogen and oxygen atoms in total. The fourth-order valence-corrected chi connectivity index (χ4v) is 4.15. The van der Waals surface area contributed by atoms with Crippen LogP contribution in [-0.2, 0) is 0 Å². The number of pyridine rings is 1. The van der Waals surface area contributed by atoms with Crippen LogP contribution < -0.4 is 5.32 Å². The van der Waals surface area contributed by atoms with E-state index in [2.05, 4.69) is 15.3 Å². The van der Waals surface area contributed by atoms with E-state index in [-0.39, 0.29) is 26.7 Å². The van der Waals surface area contributed by atoms with E-state index in [1.807, 2.05) is 0 Å². The van der Waals surface area contributed by atoms with Gasteiger partial charge in [-0.25, -0.2) is 18.7 Å². The van der Waals surface area contributed by atoms with Gasteiger partial charge in [-0.1, -0.05) is 46.1 Å². The second-order valence-corrected chi connectivity index (χ2v) is 8.28. The minimum Gasteiger partial charge on any atom is -0.320 e. The van der Waals surface area contributed by atoms with Gasteiger partial charge >= 0.3 is 0 Å². The second-order valence-electron chi connectivity index (χ2n) is 5.91. The first-order valence-electron chi connectivity index (χ1n) is 8.00. The highest BCUT2D eigenvalue weighted by atomic mass is 35.5. The number of carbonyl (C=O) groups excluding carboxylic acids is 1. The molecule has 29 heavy (non-hydrogen) atoms. The Morgan fingerprint density at radius 2 is 1.79 bits per heavy atom. The second kappa shape index (κ2) is 7.84. The third-order valence-corrected chi connectivity index (χ3v) is 5.71. The quantitative estimate of drug-likeness (QED) is 0.356. The van der Waals surface area contributed by atoms with Gasteiger partial charge < -0.3 is 5.32 Å². The van der Waals surface area contributed by atoms with Crippen LogP contribution in [0.1, 0.15) is 10.4 Å². The summed E-state index contributed by atoms with van der Waals surface area (Å²) in [6, 6.07) is 7.43. The highest BCUT2D eigenvalue weighted by molar-refractivity contribution is 7.21. The number of fused-ring (bicyclic) bond motifs is 1. The molecule has 0 aliphatic heterocycles. The molecule has 2 aromatic heterocycles. The first kappa shape index (κ1) is 20.0. The van der Waals surface area contributed by atoms with E-state index in [0.29, 0.717) is 20.5 Å². The van der Waals surface area contributed by atoms with Crippen LogP contribution in [-0.4, -0.2) is 15.9 Å². The number of thiazole rings is 1. The molecule has 146 valence electrons. The van der Waals surface area contributed by atoms with E-state index in [4.69, 9.17) is 34.8 Å². The zero-order valence-electron chi connectivity index (χ0n) is 14.1. The van der Waals surface area contributed by atoms with Gasteiger partial charge in [0, 0.05) is 11.1 Å². The van der Waals surface area contributed by atoms with Crippen LogP contribution in [0.3, 0.4) is 0 Å². The van der Waals surface area contributed by atoms with E-state index >= 15 is 0 Å². The smallest absolute Gasteiger partial charge is 0.257 e. The van der Waals surface area contributed by atoms with Crippen molar-refractivity contribution in [1.82, 2.24) is 9.97 Å². The summed E-state index contributed by atoms with van der Waals surface area (Å²) in [5.41, 5.74) is 1.11. The van der Waals surface area contributed by atoms with Crippen molar-refractivity contribution >= 4 is 68.1 Å². The molecule has 0 radical (unpaired) electrons. The van der Waals surface area contributed by atoms with Gasteiger partial charge in [-0.15, -0.1) is 0 Å². The maximum atomic E-state index is 14.7. The molecular formula is C19H8Cl3F2N3OS. The lowest BCUT2D eigenvalue weighted by atomic mass is 10.0. The van der Waals surface area contributed by atoms with Gasteiger partial charge in [-0.3, -0.25) is 4.79 Å². The number of hydrogen-bond acceptors (Lipinski definition) is 4. The molecule has 0 saturated heterocycles.